The van der Waals surface area contributed by atoms with Crippen LogP contribution < -0.4 is 5.32 Å². The number of nitrogens with one attached hydrogen (secondary N) is 1. The maximum absolute atomic E-state index is 9.61. The monoisotopic (exact) mass is 247 g/mol. The minimum Gasteiger partial charge on any atom is -0.298 e. The summed E-state index contributed by atoms with van der Waals surface area (Å²) in [6, 6.07) is 4.63. The van der Waals surface area contributed by atoms with Gasteiger partial charge in [0.15, 0.2) is 0 Å². The Morgan fingerprint density at radius 2 is 2.06 bits per heavy atom. The van der Waals surface area contributed by atoms with Gasteiger partial charge in [-0.1, -0.05) is 0 Å². The molecular formula is C15H25N3. The van der Waals surface area contributed by atoms with Gasteiger partial charge in [0.05, 0.1) is 6.07 Å². The van der Waals surface area contributed by atoms with Gasteiger partial charge in [-0.05, 0) is 64.8 Å². The fraction of sp³-hybridized carbons (Fsp3) is 0.933. The van der Waals surface area contributed by atoms with Crippen LogP contribution in [0.15, 0.2) is 0 Å². The summed E-state index contributed by atoms with van der Waals surface area (Å²) in [5, 5.41) is 13.3. The van der Waals surface area contributed by atoms with Crippen molar-refractivity contribution in [2.75, 3.05) is 6.54 Å². The van der Waals surface area contributed by atoms with Crippen LogP contribution in [0.5, 0.6) is 0 Å². The Balaban J connectivity index is 1.68. The second-order valence-corrected chi connectivity index (χ2v) is 6.59. The number of hydrogen-bond donors (Lipinski definition) is 1. The molecule has 0 radical (unpaired) electrons. The normalized spacial score (nSPS) is 41.8. The van der Waals surface area contributed by atoms with Crippen LogP contribution in [0, 0.1) is 11.3 Å². The molecule has 3 rings (SSSR count). The van der Waals surface area contributed by atoms with Gasteiger partial charge >= 0.3 is 0 Å². The molecule has 3 unspecified atom stereocenters. The maximum Gasteiger partial charge on any atom is 0.108 e. The molecule has 0 aromatic carbocycles. The Labute approximate surface area is 111 Å². The second-order valence-electron chi connectivity index (χ2n) is 6.59. The molecule has 0 bridgehead atoms. The van der Waals surface area contributed by atoms with E-state index in [1.807, 2.05) is 0 Å². The minimum absolute atomic E-state index is 0.216. The third-order valence-electron chi connectivity index (χ3n) is 5.07. The third-order valence-corrected chi connectivity index (χ3v) is 5.07. The molecule has 2 aliphatic carbocycles. The first-order valence-corrected chi connectivity index (χ1v) is 7.67. The lowest BCUT2D eigenvalue weighted by Gasteiger charge is -2.42. The van der Waals surface area contributed by atoms with Crippen molar-refractivity contribution < 1.29 is 0 Å². The molecule has 2 saturated carbocycles. The van der Waals surface area contributed by atoms with Crippen LogP contribution >= 0.6 is 0 Å². The predicted octanol–water partition coefficient (Wildman–Crippen LogP) is 2.43. The van der Waals surface area contributed by atoms with Crippen LogP contribution in [-0.2, 0) is 0 Å². The van der Waals surface area contributed by atoms with Crippen LogP contribution in [0.25, 0.3) is 0 Å². The summed E-state index contributed by atoms with van der Waals surface area (Å²) < 4.78 is 0. The lowest BCUT2D eigenvalue weighted by atomic mass is 9.79. The van der Waals surface area contributed by atoms with Gasteiger partial charge in [-0.2, -0.15) is 5.26 Å². The fourth-order valence-electron chi connectivity index (χ4n) is 3.91. The molecule has 1 heterocycles. The number of rotatable bonds is 3. The zero-order valence-electron chi connectivity index (χ0n) is 11.5. The molecule has 1 N–H and O–H groups in total. The first-order chi connectivity index (χ1) is 8.72. The molecule has 3 fully saturated rings. The smallest absolute Gasteiger partial charge is 0.108 e. The summed E-state index contributed by atoms with van der Waals surface area (Å²) in [5.41, 5.74) is -0.216. The topological polar surface area (TPSA) is 39.1 Å². The molecule has 18 heavy (non-hydrogen) atoms. The highest BCUT2D eigenvalue weighted by atomic mass is 15.2. The van der Waals surface area contributed by atoms with Crippen molar-refractivity contribution in [2.24, 2.45) is 0 Å². The lowest BCUT2D eigenvalue weighted by Crippen LogP contribution is -2.54. The first kappa shape index (κ1) is 12.4. The van der Waals surface area contributed by atoms with Crippen molar-refractivity contribution in [3.8, 4) is 6.07 Å². The highest BCUT2D eigenvalue weighted by molar-refractivity contribution is 5.13. The molecule has 0 amide bonds. The van der Waals surface area contributed by atoms with Crippen molar-refractivity contribution in [3.05, 3.63) is 0 Å². The quantitative estimate of drug-likeness (QED) is 0.832. The summed E-state index contributed by atoms with van der Waals surface area (Å²) in [4.78, 5) is 2.67. The highest BCUT2D eigenvalue weighted by Crippen LogP contribution is 2.36. The van der Waals surface area contributed by atoms with E-state index < -0.39 is 0 Å². The SMILES string of the molecule is CC1CCCN1C1CCCC(C#N)(NC2CC2)C1. The number of nitrogens with zero attached hydrogens (tertiary/aromatic N) is 2. The largest absolute Gasteiger partial charge is 0.298 e. The van der Waals surface area contributed by atoms with Gasteiger partial charge in [0.25, 0.3) is 0 Å². The standard InChI is InChI=1S/C15H25N3/c1-12-4-3-9-18(12)14-5-2-8-15(10-14,11-16)17-13-6-7-13/h12-14,17H,2-10H2,1H3. The van der Waals surface area contributed by atoms with Gasteiger partial charge in [0.1, 0.15) is 5.54 Å². The molecule has 3 atom stereocenters. The average molecular weight is 247 g/mol. The highest BCUT2D eigenvalue weighted by Gasteiger charge is 2.43. The summed E-state index contributed by atoms with van der Waals surface area (Å²) in [5.74, 6) is 0. The van der Waals surface area contributed by atoms with Gasteiger partial charge in [0.2, 0.25) is 0 Å². The summed E-state index contributed by atoms with van der Waals surface area (Å²) in [6.45, 7) is 3.60. The van der Waals surface area contributed by atoms with Crippen molar-refractivity contribution in [3.63, 3.8) is 0 Å². The summed E-state index contributed by atoms with van der Waals surface area (Å²) in [7, 11) is 0. The van der Waals surface area contributed by atoms with E-state index in [-0.39, 0.29) is 5.54 Å². The predicted molar refractivity (Wildman–Crippen MR) is 72.2 cm³/mol. The van der Waals surface area contributed by atoms with Crippen LogP contribution in [0.1, 0.15) is 58.3 Å². The van der Waals surface area contributed by atoms with E-state index >= 15 is 0 Å². The molecule has 1 aliphatic heterocycles. The zero-order valence-corrected chi connectivity index (χ0v) is 11.5. The molecule has 0 aromatic rings. The maximum atomic E-state index is 9.61. The number of hydrogen-bond acceptors (Lipinski definition) is 3. The van der Waals surface area contributed by atoms with E-state index in [4.69, 9.17) is 0 Å². The van der Waals surface area contributed by atoms with Crippen molar-refractivity contribution in [2.45, 2.75) is 82.0 Å². The number of nitriles is 1. The van der Waals surface area contributed by atoms with Gasteiger partial charge in [0, 0.05) is 18.1 Å². The van der Waals surface area contributed by atoms with Crippen molar-refractivity contribution in [1.82, 2.24) is 10.2 Å². The van der Waals surface area contributed by atoms with Crippen LogP contribution in [-0.4, -0.2) is 35.1 Å². The molecular weight excluding hydrogens is 222 g/mol. The van der Waals surface area contributed by atoms with Crippen LogP contribution in [0.2, 0.25) is 0 Å². The molecule has 0 spiro atoms. The Hall–Kier alpha value is -0.590. The Bertz CT molecular complexity index is 344. The van der Waals surface area contributed by atoms with Crippen molar-refractivity contribution >= 4 is 0 Å². The zero-order chi connectivity index (χ0) is 12.6. The third kappa shape index (κ3) is 2.41. The van der Waals surface area contributed by atoms with E-state index in [1.165, 1.54) is 45.1 Å². The lowest BCUT2D eigenvalue weighted by molar-refractivity contribution is 0.114. The van der Waals surface area contributed by atoms with Crippen LogP contribution in [0.3, 0.4) is 0 Å². The molecule has 3 nitrogen and oxygen atoms in total. The summed E-state index contributed by atoms with van der Waals surface area (Å²) in [6.07, 6.45) is 9.83. The van der Waals surface area contributed by atoms with E-state index in [0.717, 1.165) is 18.9 Å². The minimum atomic E-state index is -0.216. The molecule has 3 aliphatic rings. The van der Waals surface area contributed by atoms with E-state index in [0.29, 0.717) is 12.1 Å². The second kappa shape index (κ2) is 4.83. The number of likely N-dealkylation sites (tertiary alicyclic amines) is 1. The van der Waals surface area contributed by atoms with Crippen molar-refractivity contribution in [1.29, 1.82) is 5.26 Å². The van der Waals surface area contributed by atoms with Gasteiger partial charge in [-0.3, -0.25) is 10.2 Å². The summed E-state index contributed by atoms with van der Waals surface area (Å²) >= 11 is 0. The van der Waals surface area contributed by atoms with E-state index in [2.05, 4.69) is 23.2 Å². The molecule has 0 aromatic heterocycles. The molecule has 1 saturated heterocycles. The average Bonchev–Trinajstić information content (AvgIpc) is 3.08. The Kier molecular flexibility index (Phi) is 3.34. The first-order valence-electron chi connectivity index (χ1n) is 7.67. The van der Waals surface area contributed by atoms with Gasteiger partial charge in [-0.25, -0.2) is 0 Å². The molecule has 3 heteroatoms. The van der Waals surface area contributed by atoms with Crippen LogP contribution in [0.4, 0.5) is 0 Å². The van der Waals surface area contributed by atoms with Gasteiger partial charge < -0.3 is 0 Å². The fourth-order valence-corrected chi connectivity index (χ4v) is 3.91. The van der Waals surface area contributed by atoms with E-state index in [9.17, 15) is 5.26 Å². The Morgan fingerprint density at radius 1 is 1.22 bits per heavy atom. The molecule has 100 valence electrons. The van der Waals surface area contributed by atoms with Gasteiger partial charge in [-0.15, -0.1) is 0 Å². The Morgan fingerprint density at radius 3 is 2.67 bits per heavy atom. The van der Waals surface area contributed by atoms with E-state index in [1.54, 1.807) is 0 Å².